The smallest absolute Gasteiger partial charge is 0.326 e. The highest BCUT2D eigenvalue weighted by Gasteiger charge is 2.33. The third kappa shape index (κ3) is 7.06. The minimum Gasteiger partial charge on any atom is -0.326 e. The van der Waals surface area contributed by atoms with Crippen molar-refractivity contribution in [3.8, 4) is 0 Å². The van der Waals surface area contributed by atoms with Gasteiger partial charge in [0.25, 0.3) is 5.91 Å². The molecule has 174 valence electrons. The SMILES string of the molecule is O=C(CCCCCN1C(=O)C(=Cc2ccccc2)SC1=S)Nc1ccc(Cl)c(C(F)(F)F)c1. The maximum absolute atomic E-state index is 12.9. The average molecular weight is 513 g/mol. The lowest BCUT2D eigenvalue weighted by Gasteiger charge is -2.14. The van der Waals surface area contributed by atoms with Crippen molar-refractivity contribution < 1.29 is 22.8 Å². The molecule has 1 fully saturated rings. The highest BCUT2D eigenvalue weighted by molar-refractivity contribution is 8.26. The molecule has 1 saturated heterocycles. The topological polar surface area (TPSA) is 49.4 Å². The van der Waals surface area contributed by atoms with E-state index in [4.69, 9.17) is 23.8 Å². The number of benzene rings is 2. The Kier molecular flexibility index (Phi) is 8.56. The molecule has 0 aliphatic carbocycles. The van der Waals surface area contributed by atoms with Crippen molar-refractivity contribution in [2.24, 2.45) is 0 Å². The van der Waals surface area contributed by atoms with E-state index in [2.05, 4.69) is 5.32 Å². The first-order valence-corrected chi connectivity index (χ1v) is 11.7. The number of nitrogens with one attached hydrogen (secondary N) is 1. The molecule has 1 N–H and O–H groups in total. The van der Waals surface area contributed by atoms with Crippen molar-refractivity contribution in [3.63, 3.8) is 0 Å². The maximum Gasteiger partial charge on any atom is 0.417 e. The molecule has 1 aliphatic rings. The van der Waals surface area contributed by atoms with Gasteiger partial charge in [-0.15, -0.1) is 0 Å². The van der Waals surface area contributed by atoms with E-state index >= 15 is 0 Å². The number of unbranched alkanes of at least 4 members (excludes halogenated alkanes) is 2. The van der Waals surface area contributed by atoms with Crippen molar-refractivity contribution in [1.82, 2.24) is 4.90 Å². The Bertz CT molecular complexity index is 1080. The molecular weight excluding hydrogens is 493 g/mol. The van der Waals surface area contributed by atoms with Crippen LogP contribution in [-0.4, -0.2) is 27.6 Å². The molecule has 2 aromatic carbocycles. The third-order valence-corrected chi connectivity index (χ3v) is 6.52. The highest BCUT2D eigenvalue weighted by atomic mass is 35.5. The second-order valence-electron chi connectivity index (χ2n) is 7.30. The van der Waals surface area contributed by atoms with E-state index in [1.807, 2.05) is 36.4 Å². The van der Waals surface area contributed by atoms with Crippen LogP contribution in [-0.2, 0) is 15.8 Å². The Hall–Kier alpha value is -2.36. The van der Waals surface area contributed by atoms with E-state index in [-0.39, 0.29) is 23.9 Å². The van der Waals surface area contributed by atoms with Crippen LogP contribution >= 0.6 is 35.6 Å². The summed E-state index contributed by atoms with van der Waals surface area (Å²) in [6, 6.07) is 12.8. The van der Waals surface area contributed by atoms with Crippen LogP contribution in [0, 0.1) is 0 Å². The molecule has 3 rings (SSSR count). The molecule has 0 unspecified atom stereocenters. The number of carbonyl (C=O) groups excluding carboxylic acids is 2. The fraction of sp³-hybridized carbons (Fsp3) is 0.261. The van der Waals surface area contributed by atoms with Crippen LogP contribution in [0.1, 0.15) is 36.8 Å². The Morgan fingerprint density at radius 2 is 1.85 bits per heavy atom. The number of carbonyl (C=O) groups is 2. The number of thiocarbonyl (C=S) groups is 1. The quantitative estimate of drug-likeness (QED) is 0.241. The number of rotatable bonds is 8. The van der Waals surface area contributed by atoms with Gasteiger partial charge in [0.15, 0.2) is 0 Å². The molecule has 2 aromatic rings. The van der Waals surface area contributed by atoms with Crippen LogP contribution in [0.5, 0.6) is 0 Å². The third-order valence-electron chi connectivity index (χ3n) is 4.81. The van der Waals surface area contributed by atoms with Crippen LogP contribution in [0.4, 0.5) is 18.9 Å². The molecule has 0 bridgehead atoms. The van der Waals surface area contributed by atoms with Crippen LogP contribution < -0.4 is 5.32 Å². The zero-order valence-corrected chi connectivity index (χ0v) is 19.7. The second kappa shape index (κ2) is 11.2. The van der Waals surface area contributed by atoms with Gasteiger partial charge in [-0.1, -0.05) is 72.3 Å². The molecule has 1 heterocycles. The van der Waals surface area contributed by atoms with Crippen LogP contribution in [0.25, 0.3) is 6.08 Å². The highest BCUT2D eigenvalue weighted by Crippen LogP contribution is 2.36. The Morgan fingerprint density at radius 1 is 1.12 bits per heavy atom. The molecule has 1 aliphatic heterocycles. The number of thioether (sulfide) groups is 1. The van der Waals surface area contributed by atoms with Gasteiger partial charge < -0.3 is 5.32 Å². The second-order valence-corrected chi connectivity index (χ2v) is 9.38. The Morgan fingerprint density at radius 3 is 2.55 bits per heavy atom. The minimum absolute atomic E-state index is 0.0412. The van der Waals surface area contributed by atoms with Crippen molar-refractivity contribution in [2.75, 3.05) is 11.9 Å². The summed E-state index contributed by atoms with van der Waals surface area (Å²) in [6.45, 7) is 0.449. The fourth-order valence-electron chi connectivity index (χ4n) is 3.17. The number of halogens is 4. The van der Waals surface area contributed by atoms with E-state index in [1.54, 1.807) is 4.90 Å². The summed E-state index contributed by atoms with van der Waals surface area (Å²) < 4.78 is 39.3. The fourth-order valence-corrected chi connectivity index (χ4v) is 4.70. The Labute approximate surface area is 204 Å². The molecule has 0 aromatic heterocycles. The minimum atomic E-state index is -4.60. The summed E-state index contributed by atoms with van der Waals surface area (Å²) in [5.41, 5.74) is -0.0293. The first-order valence-electron chi connectivity index (χ1n) is 10.1. The maximum atomic E-state index is 12.9. The van der Waals surface area contributed by atoms with Gasteiger partial charge >= 0.3 is 6.18 Å². The molecule has 0 radical (unpaired) electrons. The van der Waals surface area contributed by atoms with Crippen molar-refractivity contribution in [3.05, 3.63) is 69.6 Å². The van der Waals surface area contributed by atoms with Gasteiger partial charge in [-0.3, -0.25) is 14.5 Å². The molecule has 2 amide bonds. The summed E-state index contributed by atoms with van der Waals surface area (Å²) in [7, 11) is 0. The zero-order valence-electron chi connectivity index (χ0n) is 17.3. The van der Waals surface area contributed by atoms with Gasteiger partial charge in [-0.25, -0.2) is 0 Å². The van der Waals surface area contributed by atoms with E-state index in [9.17, 15) is 22.8 Å². The van der Waals surface area contributed by atoms with Crippen LogP contribution in [0.3, 0.4) is 0 Å². The summed E-state index contributed by atoms with van der Waals surface area (Å²) in [4.78, 5) is 26.8. The van der Waals surface area contributed by atoms with Gasteiger partial charge in [0, 0.05) is 18.7 Å². The monoisotopic (exact) mass is 512 g/mol. The Balaban J connectivity index is 1.43. The molecule has 0 spiro atoms. The average Bonchev–Trinajstić information content (AvgIpc) is 3.02. The van der Waals surface area contributed by atoms with Crippen LogP contribution in [0.2, 0.25) is 5.02 Å². The lowest BCUT2D eigenvalue weighted by Crippen LogP contribution is -2.29. The number of hydrogen-bond acceptors (Lipinski definition) is 4. The van der Waals surface area contributed by atoms with Gasteiger partial charge in [-0.05, 0) is 42.7 Å². The standard InChI is InChI=1S/C23H20ClF3N2O2S2/c24-18-11-10-16(14-17(18)23(25,26)27)28-20(30)9-5-2-6-12-29-21(31)19(33-22(29)32)13-15-7-3-1-4-8-15/h1,3-4,7-8,10-11,13-14H,2,5-6,9,12H2,(H,28,30). The van der Waals surface area contributed by atoms with E-state index in [0.29, 0.717) is 35.0 Å². The van der Waals surface area contributed by atoms with E-state index in [1.165, 1.54) is 17.8 Å². The molecule has 33 heavy (non-hydrogen) atoms. The van der Waals surface area contributed by atoms with Gasteiger partial charge in [0.05, 0.1) is 15.5 Å². The first kappa shape index (κ1) is 25.3. The van der Waals surface area contributed by atoms with Gasteiger partial charge in [0.1, 0.15) is 4.32 Å². The summed E-state index contributed by atoms with van der Waals surface area (Å²) in [6.07, 6.45) is -0.797. The van der Waals surface area contributed by atoms with Crippen molar-refractivity contribution >= 4 is 63.5 Å². The summed E-state index contributed by atoms with van der Waals surface area (Å²) in [5.74, 6) is -0.517. The van der Waals surface area contributed by atoms with Crippen molar-refractivity contribution in [2.45, 2.75) is 31.9 Å². The molecule has 10 heteroatoms. The molecule has 0 atom stereocenters. The number of hydrogen-bond donors (Lipinski definition) is 1. The van der Waals surface area contributed by atoms with Crippen molar-refractivity contribution in [1.29, 1.82) is 0 Å². The number of anilines is 1. The predicted octanol–water partition coefficient (Wildman–Crippen LogP) is 6.76. The lowest BCUT2D eigenvalue weighted by molar-refractivity contribution is -0.137. The van der Waals surface area contributed by atoms with Gasteiger partial charge in [0.2, 0.25) is 5.91 Å². The number of alkyl halides is 3. The predicted molar refractivity (Wildman–Crippen MR) is 130 cm³/mol. The lowest BCUT2D eigenvalue weighted by atomic mass is 10.1. The number of amides is 2. The van der Waals surface area contributed by atoms with E-state index < -0.39 is 16.8 Å². The molecular formula is C23H20ClF3N2O2S2. The summed E-state index contributed by atoms with van der Waals surface area (Å²) in [5, 5.41) is 2.04. The normalized spacial score (nSPS) is 15.4. The van der Waals surface area contributed by atoms with Gasteiger partial charge in [-0.2, -0.15) is 13.2 Å². The first-order chi connectivity index (χ1) is 15.6. The molecule has 0 saturated carbocycles. The zero-order chi connectivity index (χ0) is 24.0. The van der Waals surface area contributed by atoms with Crippen LogP contribution in [0.15, 0.2) is 53.4 Å². The summed E-state index contributed by atoms with van der Waals surface area (Å²) >= 11 is 12.2. The molecule has 4 nitrogen and oxygen atoms in total. The number of nitrogens with zero attached hydrogens (tertiary/aromatic N) is 1. The van der Waals surface area contributed by atoms with E-state index in [0.717, 1.165) is 17.7 Å². The largest absolute Gasteiger partial charge is 0.417 e.